The van der Waals surface area contributed by atoms with E-state index in [-0.39, 0.29) is 5.91 Å². The van der Waals surface area contributed by atoms with E-state index in [4.69, 9.17) is 10.6 Å². The van der Waals surface area contributed by atoms with Crippen molar-refractivity contribution >= 4 is 11.6 Å². The maximum Gasteiger partial charge on any atom is 0.265 e. The molecule has 2 rings (SSSR count). The van der Waals surface area contributed by atoms with Crippen molar-refractivity contribution in [1.29, 1.82) is 0 Å². The molecule has 0 aliphatic heterocycles. The highest BCUT2D eigenvalue weighted by molar-refractivity contribution is 5.93. The molecule has 0 saturated heterocycles. The summed E-state index contributed by atoms with van der Waals surface area (Å²) in [5.41, 5.74) is 4.70. The predicted octanol–water partition coefficient (Wildman–Crippen LogP) is 1.94. The van der Waals surface area contributed by atoms with Gasteiger partial charge in [0.25, 0.3) is 5.91 Å². The van der Waals surface area contributed by atoms with Gasteiger partial charge >= 0.3 is 0 Å². The average Bonchev–Trinajstić information content (AvgIpc) is 2.53. The first-order chi connectivity index (χ1) is 10.1. The Morgan fingerprint density at radius 1 is 1.19 bits per heavy atom. The summed E-state index contributed by atoms with van der Waals surface area (Å²) in [5, 5.41) is 0. The molecule has 3 N–H and O–H groups in total. The maximum atomic E-state index is 11.3. The minimum absolute atomic E-state index is 0.304. The quantitative estimate of drug-likeness (QED) is 0.500. The Morgan fingerprint density at radius 2 is 1.90 bits per heavy atom. The number of carbonyl (C=O) groups is 1. The van der Waals surface area contributed by atoms with Gasteiger partial charge in [-0.3, -0.25) is 10.2 Å². The molecule has 2 aromatic rings. The molecule has 0 unspecified atom stereocenters. The number of hydrogen-bond donors (Lipinski definition) is 2. The van der Waals surface area contributed by atoms with Gasteiger partial charge in [-0.2, -0.15) is 0 Å². The van der Waals surface area contributed by atoms with Crippen molar-refractivity contribution in [3.8, 4) is 5.75 Å². The van der Waals surface area contributed by atoms with Gasteiger partial charge in [-0.25, -0.2) is 5.84 Å². The fourth-order valence-corrected chi connectivity index (χ4v) is 1.85. The molecule has 0 aliphatic carbocycles. The summed E-state index contributed by atoms with van der Waals surface area (Å²) in [5.74, 6) is 5.59. The van der Waals surface area contributed by atoms with Gasteiger partial charge in [-0.05, 0) is 29.8 Å². The van der Waals surface area contributed by atoms with Crippen LogP contribution in [0.3, 0.4) is 0 Å². The highest BCUT2D eigenvalue weighted by atomic mass is 16.5. The van der Waals surface area contributed by atoms with Gasteiger partial charge < -0.3 is 9.64 Å². The Morgan fingerprint density at radius 3 is 2.52 bits per heavy atom. The van der Waals surface area contributed by atoms with Crippen molar-refractivity contribution in [3.05, 3.63) is 59.7 Å². The third kappa shape index (κ3) is 3.97. The lowest BCUT2D eigenvalue weighted by atomic mass is 10.1. The summed E-state index contributed by atoms with van der Waals surface area (Å²) in [7, 11) is 3.97. The lowest BCUT2D eigenvalue weighted by molar-refractivity contribution is 0.0953. The smallest absolute Gasteiger partial charge is 0.265 e. The summed E-state index contributed by atoms with van der Waals surface area (Å²) in [6.07, 6.45) is 0. The van der Waals surface area contributed by atoms with Crippen LogP contribution in [0.2, 0.25) is 0 Å². The van der Waals surface area contributed by atoms with Gasteiger partial charge in [0, 0.05) is 31.4 Å². The SMILES string of the molecule is CN(C)c1cccc(OCc2ccc(C(=O)NN)cc2)c1. The number of benzene rings is 2. The number of nitrogen functional groups attached to an aromatic ring is 1. The zero-order valence-electron chi connectivity index (χ0n) is 12.2. The third-order valence-electron chi connectivity index (χ3n) is 3.09. The van der Waals surface area contributed by atoms with E-state index in [2.05, 4.69) is 5.43 Å². The normalized spacial score (nSPS) is 10.0. The van der Waals surface area contributed by atoms with Crippen LogP contribution in [0.25, 0.3) is 0 Å². The molecule has 0 aromatic heterocycles. The number of nitrogens with one attached hydrogen (secondary N) is 1. The van der Waals surface area contributed by atoms with Gasteiger partial charge in [0.05, 0.1) is 0 Å². The second-order valence-electron chi connectivity index (χ2n) is 4.85. The number of nitrogens with zero attached hydrogens (tertiary/aromatic N) is 1. The average molecular weight is 285 g/mol. The fourth-order valence-electron chi connectivity index (χ4n) is 1.85. The molecule has 0 spiro atoms. The Hall–Kier alpha value is -2.53. The van der Waals surface area contributed by atoms with Crippen molar-refractivity contribution in [1.82, 2.24) is 5.43 Å². The standard InChI is InChI=1S/C16H19N3O2/c1-19(2)14-4-3-5-15(10-14)21-11-12-6-8-13(9-7-12)16(20)18-17/h3-10H,11,17H2,1-2H3,(H,18,20). The van der Waals surface area contributed by atoms with Gasteiger partial charge in [0.15, 0.2) is 0 Å². The topological polar surface area (TPSA) is 67.6 Å². The van der Waals surface area contributed by atoms with Crippen molar-refractivity contribution < 1.29 is 9.53 Å². The number of rotatable bonds is 5. The van der Waals surface area contributed by atoms with E-state index in [1.54, 1.807) is 12.1 Å². The third-order valence-corrected chi connectivity index (χ3v) is 3.09. The van der Waals surface area contributed by atoms with E-state index < -0.39 is 0 Å². The molecule has 5 heteroatoms. The number of hydrazine groups is 1. The van der Waals surface area contributed by atoms with Crippen molar-refractivity contribution in [2.24, 2.45) is 5.84 Å². The van der Waals surface area contributed by atoms with Gasteiger partial charge in [-0.1, -0.05) is 18.2 Å². The first-order valence-corrected chi connectivity index (χ1v) is 6.60. The van der Waals surface area contributed by atoms with Crippen LogP contribution in [-0.2, 0) is 6.61 Å². The van der Waals surface area contributed by atoms with E-state index in [9.17, 15) is 4.79 Å². The molecular formula is C16H19N3O2. The molecule has 0 saturated carbocycles. The van der Waals surface area contributed by atoms with Gasteiger partial charge in [0.1, 0.15) is 12.4 Å². The minimum Gasteiger partial charge on any atom is -0.489 e. The summed E-state index contributed by atoms with van der Waals surface area (Å²) >= 11 is 0. The molecule has 5 nitrogen and oxygen atoms in total. The molecule has 0 atom stereocenters. The molecule has 0 aliphatic rings. The zero-order valence-corrected chi connectivity index (χ0v) is 12.2. The van der Waals surface area contributed by atoms with Gasteiger partial charge in [-0.15, -0.1) is 0 Å². The summed E-state index contributed by atoms with van der Waals surface area (Å²) in [6, 6.07) is 15.0. The summed E-state index contributed by atoms with van der Waals surface area (Å²) in [6.45, 7) is 0.446. The maximum absolute atomic E-state index is 11.3. The molecule has 110 valence electrons. The highest BCUT2D eigenvalue weighted by Gasteiger charge is 2.03. The van der Waals surface area contributed by atoms with Crippen molar-refractivity contribution in [2.75, 3.05) is 19.0 Å². The van der Waals surface area contributed by atoms with Crippen LogP contribution in [0.5, 0.6) is 5.75 Å². The first-order valence-electron chi connectivity index (χ1n) is 6.60. The number of hydrogen-bond acceptors (Lipinski definition) is 4. The molecule has 1 amide bonds. The fraction of sp³-hybridized carbons (Fsp3) is 0.188. The predicted molar refractivity (Wildman–Crippen MR) is 83.2 cm³/mol. The van der Waals surface area contributed by atoms with Crippen molar-refractivity contribution in [3.63, 3.8) is 0 Å². The molecule has 0 bridgehead atoms. The largest absolute Gasteiger partial charge is 0.489 e. The lowest BCUT2D eigenvalue weighted by Crippen LogP contribution is -2.29. The second kappa shape index (κ2) is 6.76. The molecule has 0 radical (unpaired) electrons. The van der Waals surface area contributed by atoms with Gasteiger partial charge in [0.2, 0.25) is 0 Å². The number of carbonyl (C=O) groups excluding carboxylic acids is 1. The first kappa shape index (κ1) is 14.9. The van der Waals surface area contributed by atoms with E-state index in [0.29, 0.717) is 12.2 Å². The van der Waals surface area contributed by atoms with E-state index in [0.717, 1.165) is 17.0 Å². The highest BCUT2D eigenvalue weighted by Crippen LogP contribution is 2.20. The second-order valence-corrected chi connectivity index (χ2v) is 4.85. The zero-order chi connectivity index (χ0) is 15.2. The number of amides is 1. The Balaban J connectivity index is 2.00. The lowest BCUT2D eigenvalue weighted by Gasteiger charge is -2.14. The van der Waals surface area contributed by atoms with E-state index in [1.165, 1.54) is 0 Å². The summed E-state index contributed by atoms with van der Waals surface area (Å²) < 4.78 is 5.76. The Labute approximate surface area is 124 Å². The molecule has 0 fully saturated rings. The monoisotopic (exact) mass is 285 g/mol. The molecule has 21 heavy (non-hydrogen) atoms. The molecular weight excluding hydrogens is 266 g/mol. The van der Waals surface area contributed by atoms with Crippen LogP contribution >= 0.6 is 0 Å². The number of ether oxygens (including phenoxy) is 1. The van der Waals surface area contributed by atoms with Crippen LogP contribution in [-0.4, -0.2) is 20.0 Å². The van der Waals surface area contributed by atoms with E-state index >= 15 is 0 Å². The van der Waals surface area contributed by atoms with Crippen molar-refractivity contribution in [2.45, 2.75) is 6.61 Å². The molecule has 0 heterocycles. The number of nitrogens with two attached hydrogens (primary N) is 1. The van der Waals surface area contributed by atoms with Crippen LogP contribution < -0.4 is 20.9 Å². The minimum atomic E-state index is -0.304. The summed E-state index contributed by atoms with van der Waals surface area (Å²) in [4.78, 5) is 13.4. The Kier molecular flexibility index (Phi) is 4.79. The Bertz CT molecular complexity index is 609. The van der Waals surface area contributed by atoms with Crippen LogP contribution in [0.1, 0.15) is 15.9 Å². The van der Waals surface area contributed by atoms with Crippen LogP contribution in [0.15, 0.2) is 48.5 Å². The van der Waals surface area contributed by atoms with Crippen LogP contribution in [0.4, 0.5) is 5.69 Å². The molecule has 2 aromatic carbocycles. The van der Waals surface area contributed by atoms with Crippen LogP contribution in [0, 0.1) is 0 Å². The number of anilines is 1. The van der Waals surface area contributed by atoms with E-state index in [1.807, 2.05) is 55.4 Å².